The summed E-state index contributed by atoms with van der Waals surface area (Å²) in [6, 6.07) is 0. The van der Waals surface area contributed by atoms with Crippen LogP contribution in [0, 0.1) is 0 Å². The lowest BCUT2D eigenvalue weighted by Crippen LogP contribution is -2.29. The van der Waals surface area contributed by atoms with Crippen LogP contribution in [0.1, 0.15) is 0 Å². The highest BCUT2D eigenvalue weighted by atomic mass is 14.8. The maximum Gasteiger partial charge on any atom is 0.161 e. The Morgan fingerprint density at radius 1 is 1.88 bits per heavy atom. The van der Waals surface area contributed by atoms with Gasteiger partial charge in [0.05, 0.1) is 0 Å². The standard InChI is InChI=1S/C5H11N3/c1-8-4-5(7)2-3-6/h2-3,6,8H,4,7H2,1H3/p+1. The van der Waals surface area contributed by atoms with Crippen LogP contribution in [0.15, 0.2) is 11.8 Å². The summed E-state index contributed by atoms with van der Waals surface area (Å²) in [6.07, 6.45) is 3.09. The van der Waals surface area contributed by atoms with Gasteiger partial charge in [0.1, 0.15) is 0 Å². The Labute approximate surface area is 49.1 Å². The molecule has 0 aliphatic rings. The maximum atomic E-state index is 5.38. The largest absolute Gasteiger partial charge is 0.401 e. The number of nitrogens with two attached hydrogens (primary N) is 2. The predicted molar refractivity (Wildman–Crippen MR) is 34.2 cm³/mol. The lowest BCUT2D eigenvalue weighted by molar-refractivity contribution is -0.104. The lowest BCUT2D eigenvalue weighted by atomic mass is 10.4. The van der Waals surface area contributed by atoms with Crippen molar-refractivity contribution in [2.45, 2.75) is 0 Å². The summed E-state index contributed by atoms with van der Waals surface area (Å²) >= 11 is 0. The van der Waals surface area contributed by atoms with E-state index >= 15 is 0 Å². The summed E-state index contributed by atoms with van der Waals surface area (Å²) in [7, 11) is 1.83. The molecule has 0 rings (SSSR count). The van der Waals surface area contributed by atoms with Crippen LogP contribution in [0.2, 0.25) is 0 Å². The molecule has 0 aromatic heterocycles. The van der Waals surface area contributed by atoms with Crippen LogP contribution in [0.4, 0.5) is 0 Å². The van der Waals surface area contributed by atoms with Gasteiger partial charge in [-0.15, -0.1) is 0 Å². The van der Waals surface area contributed by atoms with Crippen molar-refractivity contribution >= 4 is 6.21 Å². The minimum absolute atomic E-state index is 0.688. The molecule has 5 N–H and O–H groups in total. The molecule has 0 amide bonds. The zero-order chi connectivity index (χ0) is 6.41. The second-order valence-corrected chi connectivity index (χ2v) is 1.46. The monoisotopic (exact) mass is 114 g/mol. The minimum atomic E-state index is 0.688. The van der Waals surface area contributed by atoms with Crippen LogP contribution in [0.5, 0.6) is 0 Å². The first-order chi connectivity index (χ1) is 3.81. The zero-order valence-electron chi connectivity index (χ0n) is 5.02. The Kier molecular flexibility index (Phi) is 3.88. The number of hydrogen-bond acceptors (Lipinski definition) is 2. The Morgan fingerprint density at radius 3 is 2.88 bits per heavy atom. The number of allylic oxidation sites excluding steroid dienone is 1. The fourth-order valence-corrected chi connectivity index (χ4v) is 0.387. The van der Waals surface area contributed by atoms with E-state index in [2.05, 4.69) is 5.32 Å². The summed E-state index contributed by atoms with van der Waals surface area (Å²) in [5.41, 5.74) is 6.13. The Bertz CT molecular complexity index is 95.8. The summed E-state index contributed by atoms with van der Waals surface area (Å²) < 4.78 is 0. The number of rotatable bonds is 3. The molecule has 0 spiro atoms. The predicted octanol–water partition coefficient (Wildman–Crippen LogP) is -2.12. The molecule has 0 atom stereocenters. The molecule has 0 saturated heterocycles. The Balaban J connectivity index is 3.44. The van der Waals surface area contributed by atoms with Crippen LogP contribution in [0.3, 0.4) is 0 Å². The van der Waals surface area contributed by atoms with E-state index in [4.69, 9.17) is 11.1 Å². The lowest BCUT2D eigenvalue weighted by Gasteiger charge is -1.93. The molecule has 0 aliphatic carbocycles. The van der Waals surface area contributed by atoms with Crippen molar-refractivity contribution in [3.63, 3.8) is 0 Å². The molecule has 8 heavy (non-hydrogen) atoms. The summed E-state index contributed by atoms with van der Waals surface area (Å²) in [5.74, 6) is 0. The van der Waals surface area contributed by atoms with E-state index in [0.29, 0.717) is 6.54 Å². The van der Waals surface area contributed by atoms with E-state index in [1.54, 1.807) is 6.08 Å². The number of hydrogen-bond donors (Lipinski definition) is 3. The van der Waals surface area contributed by atoms with E-state index in [9.17, 15) is 0 Å². The third-order valence-corrected chi connectivity index (χ3v) is 0.691. The average molecular weight is 114 g/mol. The van der Waals surface area contributed by atoms with Crippen molar-refractivity contribution in [1.82, 2.24) is 5.32 Å². The van der Waals surface area contributed by atoms with Gasteiger partial charge in [-0.25, -0.2) is 0 Å². The van der Waals surface area contributed by atoms with Gasteiger partial charge in [-0.05, 0) is 7.05 Å². The molecular formula is C5H12N3+. The number of likely N-dealkylation sites (N-methyl/N-ethyl adjacent to an activating group) is 1. The molecular weight excluding hydrogens is 102 g/mol. The Morgan fingerprint density at radius 2 is 2.50 bits per heavy atom. The van der Waals surface area contributed by atoms with E-state index in [1.807, 2.05) is 7.05 Å². The highest BCUT2D eigenvalue weighted by molar-refractivity contribution is 5.65. The first-order valence-corrected chi connectivity index (χ1v) is 2.45. The molecule has 0 aromatic rings. The van der Waals surface area contributed by atoms with Crippen molar-refractivity contribution < 1.29 is 5.41 Å². The third-order valence-electron chi connectivity index (χ3n) is 0.691. The molecule has 0 saturated carbocycles. The fraction of sp³-hybridized carbons (Fsp3) is 0.400. The second kappa shape index (κ2) is 4.33. The molecule has 0 heterocycles. The molecule has 0 aromatic carbocycles. The molecule has 46 valence electrons. The third kappa shape index (κ3) is 3.36. The Hall–Kier alpha value is -0.830. The SMILES string of the molecule is CNCC(N)=CC=[NH2+]. The van der Waals surface area contributed by atoms with E-state index in [0.717, 1.165) is 5.70 Å². The number of nitrogens with one attached hydrogen (secondary N) is 1. The molecule has 0 fully saturated rings. The minimum Gasteiger partial charge on any atom is -0.401 e. The van der Waals surface area contributed by atoms with E-state index in [-0.39, 0.29) is 0 Å². The first kappa shape index (κ1) is 7.17. The maximum absolute atomic E-state index is 5.38. The van der Waals surface area contributed by atoms with Crippen LogP contribution >= 0.6 is 0 Å². The first-order valence-electron chi connectivity index (χ1n) is 2.45. The molecule has 0 aliphatic heterocycles. The van der Waals surface area contributed by atoms with Gasteiger partial charge in [0.25, 0.3) is 0 Å². The van der Waals surface area contributed by atoms with Crippen LogP contribution in [-0.2, 0) is 0 Å². The van der Waals surface area contributed by atoms with Gasteiger partial charge in [-0.1, -0.05) is 0 Å². The summed E-state index contributed by atoms with van der Waals surface area (Å²) in [4.78, 5) is 0. The van der Waals surface area contributed by atoms with Gasteiger partial charge in [0.15, 0.2) is 6.21 Å². The normalized spacial score (nSPS) is 11.4. The van der Waals surface area contributed by atoms with Crippen molar-refractivity contribution in [1.29, 1.82) is 0 Å². The summed E-state index contributed by atoms with van der Waals surface area (Å²) in [5, 5.41) is 7.93. The van der Waals surface area contributed by atoms with Gasteiger partial charge in [-0.3, -0.25) is 5.41 Å². The van der Waals surface area contributed by atoms with Crippen LogP contribution < -0.4 is 16.5 Å². The quantitative estimate of drug-likeness (QED) is 0.367. The molecule has 0 unspecified atom stereocenters. The van der Waals surface area contributed by atoms with Gasteiger partial charge in [0.2, 0.25) is 0 Å². The molecule has 3 nitrogen and oxygen atoms in total. The van der Waals surface area contributed by atoms with Crippen LogP contribution in [0.25, 0.3) is 0 Å². The van der Waals surface area contributed by atoms with E-state index < -0.39 is 0 Å². The van der Waals surface area contributed by atoms with Crippen LogP contribution in [-0.4, -0.2) is 19.8 Å². The molecule has 3 heteroatoms. The highest BCUT2D eigenvalue weighted by Crippen LogP contribution is 1.72. The average Bonchev–Trinajstić information content (AvgIpc) is 1.68. The molecule has 0 radical (unpaired) electrons. The van der Waals surface area contributed by atoms with Crippen molar-refractivity contribution in [2.24, 2.45) is 5.73 Å². The summed E-state index contributed by atoms with van der Waals surface area (Å²) in [6.45, 7) is 0.688. The van der Waals surface area contributed by atoms with Gasteiger partial charge in [-0.2, -0.15) is 0 Å². The van der Waals surface area contributed by atoms with Gasteiger partial charge in [0, 0.05) is 18.3 Å². The smallest absolute Gasteiger partial charge is 0.161 e. The second-order valence-electron chi connectivity index (χ2n) is 1.46. The van der Waals surface area contributed by atoms with Crippen molar-refractivity contribution in [3.05, 3.63) is 11.8 Å². The zero-order valence-corrected chi connectivity index (χ0v) is 5.02. The highest BCUT2D eigenvalue weighted by Gasteiger charge is 1.82. The van der Waals surface area contributed by atoms with Gasteiger partial charge >= 0.3 is 0 Å². The van der Waals surface area contributed by atoms with Crippen molar-refractivity contribution in [3.8, 4) is 0 Å². The topological polar surface area (TPSA) is 63.6 Å². The fourth-order valence-electron chi connectivity index (χ4n) is 0.387. The molecule has 0 bridgehead atoms. The van der Waals surface area contributed by atoms with E-state index in [1.165, 1.54) is 6.21 Å². The van der Waals surface area contributed by atoms with Gasteiger partial charge < -0.3 is 11.1 Å². The van der Waals surface area contributed by atoms with Crippen molar-refractivity contribution in [2.75, 3.05) is 13.6 Å².